The van der Waals surface area contributed by atoms with Crippen molar-refractivity contribution in [3.63, 3.8) is 0 Å². The van der Waals surface area contributed by atoms with E-state index in [-0.39, 0.29) is 5.69 Å². The summed E-state index contributed by atoms with van der Waals surface area (Å²) in [6, 6.07) is 6.14. The molecule has 0 fully saturated rings. The summed E-state index contributed by atoms with van der Waals surface area (Å²) in [7, 11) is 0. The van der Waals surface area contributed by atoms with Gasteiger partial charge >= 0.3 is 0 Å². The van der Waals surface area contributed by atoms with Gasteiger partial charge in [0.15, 0.2) is 0 Å². The Hall–Kier alpha value is -2.17. The van der Waals surface area contributed by atoms with E-state index in [2.05, 4.69) is 0 Å². The van der Waals surface area contributed by atoms with Crippen molar-refractivity contribution >= 4 is 23.0 Å². The number of nitrogens with zero attached hydrogens (tertiary/aromatic N) is 2. The third kappa shape index (κ3) is 1.15. The van der Waals surface area contributed by atoms with Gasteiger partial charge in [-0.05, 0) is 12.1 Å². The van der Waals surface area contributed by atoms with Gasteiger partial charge in [0.2, 0.25) is 6.41 Å². The van der Waals surface area contributed by atoms with Crippen LogP contribution in [0.4, 0.5) is 5.69 Å². The van der Waals surface area contributed by atoms with Crippen LogP contribution in [0.5, 0.6) is 0 Å². The van der Waals surface area contributed by atoms with Gasteiger partial charge in [-0.1, -0.05) is 0 Å². The third-order valence-corrected chi connectivity index (χ3v) is 2.03. The van der Waals surface area contributed by atoms with Crippen LogP contribution in [0.1, 0.15) is 0 Å². The fourth-order valence-electron chi connectivity index (χ4n) is 1.34. The van der Waals surface area contributed by atoms with E-state index in [1.54, 1.807) is 18.3 Å². The van der Waals surface area contributed by atoms with Crippen LogP contribution in [-0.4, -0.2) is 15.9 Å². The van der Waals surface area contributed by atoms with E-state index in [9.17, 15) is 14.9 Å². The van der Waals surface area contributed by atoms with Gasteiger partial charge in [-0.2, -0.15) is 0 Å². The van der Waals surface area contributed by atoms with Crippen molar-refractivity contribution < 1.29 is 9.72 Å². The summed E-state index contributed by atoms with van der Waals surface area (Å²) in [5, 5.41) is 11.3. The Bertz CT molecular complexity index is 516. The number of hydrogen-bond acceptors (Lipinski definition) is 3. The lowest BCUT2D eigenvalue weighted by atomic mass is 10.2. The van der Waals surface area contributed by atoms with E-state index in [0.29, 0.717) is 11.9 Å². The molecule has 0 spiro atoms. The summed E-state index contributed by atoms with van der Waals surface area (Å²) in [6.45, 7) is 0. The molecule has 0 aliphatic rings. The first-order chi connectivity index (χ1) is 6.72. The molecule has 5 heteroatoms. The van der Waals surface area contributed by atoms with E-state index in [1.807, 2.05) is 0 Å². The fourth-order valence-corrected chi connectivity index (χ4v) is 1.34. The predicted octanol–water partition coefficient (Wildman–Crippen LogP) is 1.59. The summed E-state index contributed by atoms with van der Waals surface area (Å²) >= 11 is 0. The summed E-state index contributed by atoms with van der Waals surface area (Å²) in [5.74, 6) is 0. The molecule has 0 aliphatic carbocycles. The Morgan fingerprint density at radius 3 is 2.79 bits per heavy atom. The van der Waals surface area contributed by atoms with Crippen LogP contribution in [0.3, 0.4) is 0 Å². The molecule has 2 aromatic rings. The maximum Gasteiger partial charge on any atom is 0.271 e. The maximum absolute atomic E-state index is 10.6. The second-order valence-electron chi connectivity index (χ2n) is 2.83. The third-order valence-electron chi connectivity index (χ3n) is 2.03. The Labute approximate surface area is 78.7 Å². The van der Waals surface area contributed by atoms with Crippen LogP contribution >= 0.6 is 0 Å². The molecule has 0 bridgehead atoms. The monoisotopic (exact) mass is 190 g/mol. The molecule has 0 N–H and O–H groups in total. The number of nitro groups is 1. The Morgan fingerprint density at radius 1 is 1.36 bits per heavy atom. The molecule has 1 heterocycles. The predicted molar refractivity (Wildman–Crippen MR) is 50.7 cm³/mol. The standard InChI is InChI=1S/C9H6N2O3/c12-6-10-4-3-7-1-2-8(11(13)14)5-9(7)10/h1-6H. The minimum atomic E-state index is -0.485. The quantitative estimate of drug-likeness (QED) is 0.410. The van der Waals surface area contributed by atoms with Crippen LogP contribution in [0.25, 0.3) is 10.9 Å². The lowest BCUT2D eigenvalue weighted by Gasteiger charge is -1.94. The van der Waals surface area contributed by atoms with E-state index in [0.717, 1.165) is 5.39 Å². The molecule has 1 aromatic heterocycles. The molecule has 0 saturated heterocycles. The summed E-state index contributed by atoms with van der Waals surface area (Å²) in [4.78, 5) is 20.5. The molecule has 0 atom stereocenters. The van der Waals surface area contributed by atoms with E-state index < -0.39 is 4.92 Å². The molecule has 1 aromatic carbocycles. The highest BCUT2D eigenvalue weighted by molar-refractivity contribution is 5.87. The van der Waals surface area contributed by atoms with Gasteiger partial charge in [0, 0.05) is 23.7 Å². The number of non-ortho nitro benzene ring substituents is 1. The highest BCUT2D eigenvalue weighted by atomic mass is 16.6. The highest BCUT2D eigenvalue weighted by Crippen LogP contribution is 2.20. The van der Waals surface area contributed by atoms with Gasteiger partial charge < -0.3 is 0 Å². The summed E-state index contributed by atoms with van der Waals surface area (Å²) < 4.78 is 1.31. The average Bonchev–Trinajstić information content (AvgIpc) is 2.59. The number of carbonyl (C=O) groups excluding carboxylic acids is 1. The van der Waals surface area contributed by atoms with Crippen molar-refractivity contribution in [3.05, 3.63) is 40.6 Å². The molecule has 0 radical (unpaired) electrons. The molecular weight excluding hydrogens is 184 g/mol. The molecule has 0 amide bonds. The van der Waals surface area contributed by atoms with Crippen molar-refractivity contribution in [3.8, 4) is 0 Å². The van der Waals surface area contributed by atoms with Crippen LogP contribution in [0.15, 0.2) is 30.5 Å². The van der Waals surface area contributed by atoms with Crippen LogP contribution in [0.2, 0.25) is 0 Å². The first kappa shape index (κ1) is 8.43. The fraction of sp³-hybridized carbons (Fsp3) is 0. The molecule has 5 nitrogen and oxygen atoms in total. The number of benzene rings is 1. The second kappa shape index (κ2) is 2.95. The zero-order valence-corrected chi connectivity index (χ0v) is 7.08. The highest BCUT2D eigenvalue weighted by Gasteiger charge is 2.08. The first-order valence-corrected chi connectivity index (χ1v) is 3.92. The van der Waals surface area contributed by atoms with E-state index >= 15 is 0 Å². The minimum absolute atomic E-state index is 0.0145. The van der Waals surface area contributed by atoms with Crippen molar-refractivity contribution in [2.75, 3.05) is 0 Å². The van der Waals surface area contributed by atoms with Gasteiger partial charge in [-0.15, -0.1) is 0 Å². The first-order valence-electron chi connectivity index (χ1n) is 3.92. The zero-order chi connectivity index (χ0) is 10.1. The second-order valence-corrected chi connectivity index (χ2v) is 2.83. The Balaban J connectivity index is 2.73. The molecule has 0 unspecified atom stereocenters. The van der Waals surface area contributed by atoms with Gasteiger partial charge in [0.25, 0.3) is 5.69 Å². The van der Waals surface area contributed by atoms with Crippen molar-refractivity contribution in [2.24, 2.45) is 0 Å². The number of aromatic nitrogens is 1. The topological polar surface area (TPSA) is 65.1 Å². The molecule has 0 saturated carbocycles. The number of carbonyl (C=O) groups is 1. The zero-order valence-electron chi connectivity index (χ0n) is 7.08. The van der Waals surface area contributed by atoms with Crippen molar-refractivity contribution in [1.82, 2.24) is 4.57 Å². The molecule has 14 heavy (non-hydrogen) atoms. The summed E-state index contributed by atoms with van der Waals surface area (Å²) in [5.41, 5.74) is 0.536. The van der Waals surface area contributed by atoms with Crippen molar-refractivity contribution in [2.45, 2.75) is 0 Å². The van der Waals surface area contributed by atoms with Crippen LogP contribution in [-0.2, 0) is 4.79 Å². The SMILES string of the molecule is O=Cn1ccc2ccc([N+](=O)[O-])cc21. The molecule has 0 aliphatic heterocycles. The van der Waals surface area contributed by atoms with Gasteiger partial charge in [-0.25, -0.2) is 0 Å². The van der Waals surface area contributed by atoms with Gasteiger partial charge in [-0.3, -0.25) is 19.5 Å². The largest absolute Gasteiger partial charge is 0.290 e. The molecular formula is C9H6N2O3. The number of hydrogen-bond donors (Lipinski definition) is 0. The lowest BCUT2D eigenvalue weighted by Crippen LogP contribution is -1.92. The Kier molecular flexibility index (Phi) is 1.78. The molecule has 70 valence electrons. The lowest BCUT2D eigenvalue weighted by molar-refractivity contribution is -0.384. The average molecular weight is 190 g/mol. The summed E-state index contributed by atoms with van der Waals surface area (Å²) in [6.07, 6.45) is 2.19. The number of fused-ring (bicyclic) bond motifs is 1. The van der Waals surface area contributed by atoms with Gasteiger partial charge in [0.05, 0.1) is 10.4 Å². The van der Waals surface area contributed by atoms with E-state index in [1.165, 1.54) is 16.7 Å². The van der Waals surface area contributed by atoms with Crippen LogP contribution in [0, 0.1) is 10.1 Å². The maximum atomic E-state index is 10.6. The minimum Gasteiger partial charge on any atom is -0.290 e. The number of nitro benzene ring substituents is 1. The number of rotatable bonds is 2. The Morgan fingerprint density at radius 2 is 2.14 bits per heavy atom. The van der Waals surface area contributed by atoms with Crippen LogP contribution < -0.4 is 0 Å². The normalized spacial score (nSPS) is 10.3. The smallest absolute Gasteiger partial charge is 0.271 e. The van der Waals surface area contributed by atoms with Crippen molar-refractivity contribution in [1.29, 1.82) is 0 Å². The van der Waals surface area contributed by atoms with E-state index in [4.69, 9.17) is 0 Å². The molecule has 2 rings (SSSR count). The van der Waals surface area contributed by atoms with Gasteiger partial charge in [0.1, 0.15) is 0 Å².